The van der Waals surface area contributed by atoms with Crippen molar-refractivity contribution in [1.29, 1.82) is 0 Å². The van der Waals surface area contributed by atoms with E-state index in [0.29, 0.717) is 38.7 Å². The molecule has 3 aromatic rings. The third-order valence-electron chi connectivity index (χ3n) is 5.47. The summed E-state index contributed by atoms with van der Waals surface area (Å²) in [5.74, 6) is 0.0782. The number of aryl methyl sites for hydroxylation is 1. The zero-order valence-corrected chi connectivity index (χ0v) is 23.4. The maximum absolute atomic E-state index is 12.8. The van der Waals surface area contributed by atoms with Gasteiger partial charge in [0.05, 0.1) is 17.8 Å². The van der Waals surface area contributed by atoms with Crippen molar-refractivity contribution in [2.45, 2.75) is 33.4 Å². The summed E-state index contributed by atoms with van der Waals surface area (Å²) < 4.78 is 12.2. The van der Waals surface area contributed by atoms with E-state index in [1.807, 2.05) is 51.1 Å². The molecule has 0 saturated heterocycles. The number of rotatable bonds is 10. The van der Waals surface area contributed by atoms with Crippen LogP contribution in [-0.4, -0.2) is 31.2 Å². The van der Waals surface area contributed by atoms with Crippen molar-refractivity contribution in [1.82, 2.24) is 10.7 Å². The highest BCUT2D eigenvalue weighted by atomic mass is 79.9. The van der Waals surface area contributed by atoms with Crippen molar-refractivity contribution in [3.8, 4) is 11.5 Å². The molecule has 0 radical (unpaired) electrons. The molecule has 0 heterocycles. The van der Waals surface area contributed by atoms with Crippen LogP contribution in [0, 0.1) is 12.8 Å². The molecule has 0 aliphatic heterocycles. The second kappa shape index (κ2) is 13.3. The zero-order valence-electron chi connectivity index (χ0n) is 21.0. The van der Waals surface area contributed by atoms with Crippen molar-refractivity contribution < 1.29 is 19.1 Å². The molecule has 0 saturated carbocycles. The Morgan fingerprint density at radius 1 is 1.11 bits per heavy atom. The van der Waals surface area contributed by atoms with Gasteiger partial charge in [-0.25, -0.2) is 5.43 Å². The van der Waals surface area contributed by atoms with Crippen LogP contribution in [0.1, 0.15) is 40.9 Å². The molecule has 9 heteroatoms. The van der Waals surface area contributed by atoms with Crippen molar-refractivity contribution in [3.05, 3.63) is 92.4 Å². The van der Waals surface area contributed by atoms with Crippen molar-refractivity contribution >= 4 is 45.6 Å². The smallest absolute Gasteiger partial charge is 0.262 e. The van der Waals surface area contributed by atoms with Gasteiger partial charge in [0.25, 0.3) is 11.8 Å². The van der Waals surface area contributed by atoms with Crippen LogP contribution in [0.15, 0.2) is 70.2 Å². The highest BCUT2D eigenvalue weighted by molar-refractivity contribution is 9.10. The molecule has 0 aliphatic carbocycles. The van der Waals surface area contributed by atoms with Crippen molar-refractivity contribution in [3.63, 3.8) is 0 Å². The number of benzene rings is 3. The number of ether oxygens (including phenoxy) is 2. The number of nitrogens with zero attached hydrogens (tertiary/aromatic N) is 1. The van der Waals surface area contributed by atoms with Gasteiger partial charge in [-0.1, -0.05) is 61.3 Å². The lowest BCUT2D eigenvalue weighted by atomic mass is 10.0. The summed E-state index contributed by atoms with van der Waals surface area (Å²) in [6.45, 7) is 6.09. The third kappa shape index (κ3) is 8.06. The largest absolute Gasteiger partial charge is 0.493 e. The van der Waals surface area contributed by atoms with Gasteiger partial charge in [0, 0.05) is 10.6 Å². The first-order valence-corrected chi connectivity index (χ1v) is 12.8. The van der Waals surface area contributed by atoms with Gasteiger partial charge in [-0.15, -0.1) is 0 Å². The predicted octanol–water partition coefficient (Wildman–Crippen LogP) is 5.90. The Hall–Kier alpha value is -3.36. The van der Waals surface area contributed by atoms with Crippen LogP contribution in [0.3, 0.4) is 0 Å². The number of methoxy groups -OCH3 is 1. The number of hydrogen-bond acceptors (Lipinski definition) is 5. The molecule has 3 aromatic carbocycles. The van der Waals surface area contributed by atoms with E-state index >= 15 is 0 Å². The molecular weight excluding hydrogens is 558 g/mol. The van der Waals surface area contributed by atoms with Crippen molar-refractivity contribution in [2.75, 3.05) is 7.11 Å². The van der Waals surface area contributed by atoms with E-state index in [4.69, 9.17) is 21.1 Å². The summed E-state index contributed by atoms with van der Waals surface area (Å²) >= 11 is 9.50. The summed E-state index contributed by atoms with van der Waals surface area (Å²) in [6.07, 6.45) is 1.49. The van der Waals surface area contributed by atoms with E-state index in [0.717, 1.165) is 5.56 Å². The van der Waals surface area contributed by atoms with Crippen molar-refractivity contribution in [2.24, 2.45) is 11.0 Å². The second-order valence-electron chi connectivity index (χ2n) is 8.75. The number of hydrogen-bond donors (Lipinski definition) is 2. The normalized spacial score (nSPS) is 11.9. The van der Waals surface area contributed by atoms with Crippen LogP contribution < -0.4 is 20.2 Å². The summed E-state index contributed by atoms with van der Waals surface area (Å²) in [7, 11) is 1.55. The molecule has 1 unspecified atom stereocenters. The Bertz CT molecular complexity index is 1280. The Balaban J connectivity index is 1.65. The summed E-state index contributed by atoms with van der Waals surface area (Å²) in [5, 5.41) is 7.26. The van der Waals surface area contributed by atoms with E-state index in [9.17, 15) is 9.59 Å². The van der Waals surface area contributed by atoms with E-state index in [1.54, 1.807) is 37.4 Å². The number of nitrogens with one attached hydrogen (secondary N) is 2. The molecule has 0 aromatic heterocycles. The minimum atomic E-state index is -0.789. The van der Waals surface area contributed by atoms with Gasteiger partial charge < -0.3 is 14.8 Å². The molecule has 37 heavy (non-hydrogen) atoms. The van der Waals surface area contributed by atoms with E-state index in [-0.39, 0.29) is 5.92 Å². The highest BCUT2D eigenvalue weighted by Gasteiger charge is 2.24. The first kappa shape index (κ1) is 28.2. The SMILES string of the molecule is COc1cc(C=NNC(=O)C(NC(=O)c2cccc(Cl)c2)C(C)C)cc(Br)c1OCc1ccc(C)cc1. The topological polar surface area (TPSA) is 89.0 Å². The van der Waals surface area contributed by atoms with Crippen LogP contribution in [-0.2, 0) is 11.4 Å². The van der Waals surface area contributed by atoms with Gasteiger partial charge in [0.2, 0.25) is 0 Å². The fourth-order valence-electron chi connectivity index (χ4n) is 3.42. The summed E-state index contributed by atoms with van der Waals surface area (Å²) in [4.78, 5) is 25.4. The second-order valence-corrected chi connectivity index (χ2v) is 10.0. The lowest BCUT2D eigenvalue weighted by molar-refractivity contribution is -0.123. The lowest BCUT2D eigenvalue weighted by Crippen LogP contribution is -2.48. The molecule has 2 amide bonds. The van der Waals surface area contributed by atoms with Crippen LogP contribution in [0.4, 0.5) is 0 Å². The maximum Gasteiger partial charge on any atom is 0.262 e. The van der Waals surface area contributed by atoms with Gasteiger partial charge >= 0.3 is 0 Å². The first-order chi connectivity index (χ1) is 17.7. The number of hydrazone groups is 1. The zero-order chi connectivity index (χ0) is 26.9. The average Bonchev–Trinajstić information content (AvgIpc) is 2.86. The number of halogens is 2. The fourth-order valence-corrected chi connectivity index (χ4v) is 4.19. The third-order valence-corrected chi connectivity index (χ3v) is 6.29. The molecule has 0 aliphatic rings. The highest BCUT2D eigenvalue weighted by Crippen LogP contribution is 2.36. The molecule has 7 nitrogen and oxygen atoms in total. The average molecular weight is 587 g/mol. The molecular formula is C28H29BrClN3O4. The van der Waals surface area contributed by atoms with Gasteiger partial charge in [-0.2, -0.15) is 5.10 Å². The molecule has 0 fully saturated rings. The number of carbonyl (C=O) groups excluding carboxylic acids is 2. The summed E-state index contributed by atoms with van der Waals surface area (Å²) in [6, 6.07) is 17.4. The van der Waals surface area contributed by atoms with Crippen LogP contribution >= 0.6 is 27.5 Å². The minimum absolute atomic E-state index is 0.169. The quantitative estimate of drug-likeness (QED) is 0.229. The first-order valence-electron chi connectivity index (χ1n) is 11.6. The Morgan fingerprint density at radius 2 is 1.84 bits per heavy atom. The van der Waals surface area contributed by atoms with Crippen LogP contribution in [0.25, 0.3) is 0 Å². The summed E-state index contributed by atoms with van der Waals surface area (Å²) in [5.41, 5.74) is 5.77. The molecule has 194 valence electrons. The Kier molecular flexibility index (Phi) is 10.1. The predicted molar refractivity (Wildman–Crippen MR) is 149 cm³/mol. The standard InChI is InChI=1S/C28H29BrClN3O4/c1-17(2)25(32-27(34)21-6-5-7-22(30)14-21)28(35)33-31-15-20-12-23(29)26(24(13-20)36-4)37-16-19-10-8-18(3)9-11-19/h5-15,17,25H,16H2,1-4H3,(H,32,34)(H,33,35). The molecule has 3 rings (SSSR count). The molecule has 0 spiro atoms. The number of carbonyl (C=O) groups is 2. The Morgan fingerprint density at radius 3 is 2.49 bits per heavy atom. The van der Waals surface area contributed by atoms with Gasteiger partial charge in [0.1, 0.15) is 12.6 Å². The molecule has 0 bridgehead atoms. The Labute approximate surface area is 230 Å². The van der Waals surface area contributed by atoms with Crippen LogP contribution in [0.2, 0.25) is 5.02 Å². The minimum Gasteiger partial charge on any atom is -0.493 e. The molecule has 2 N–H and O–H groups in total. The monoisotopic (exact) mass is 585 g/mol. The van der Waals surface area contributed by atoms with E-state index in [2.05, 4.69) is 31.8 Å². The maximum atomic E-state index is 12.8. The molecule has 1 atom stereocenters. The lowest BCUT2D eigenvalue weighted by Gasteiger charge is -2.20. The van der Waals surface area contributed by atoms with Gasteiger partial charge in [-0.3, -0.25) is 9.59 Å². The fraction of sp³-hybridized carbons (Fsp3) is 0.250. The van der Waals surface area contributed by atoms with Crippen LogP contribution in [0.5, 0.6) is 11.5 Å². The number of amides is 2. The van der Waals surface area contributed by atoms with E-state index in [1.165, 1.54) is 11.8 Å². The van der Waals surface area contributed by atoms with E-state index < -0.39 is 17.9 Å². The van der Waals surface area contributed by atoms with Gasteiger partial charge in [0.15, 0.2) is 11.5 Å². The van der Waals surface area contributed by atoms with Gasteiger partial charge in [-0.05, 0) is 70.2 Å².